The average Bonchev–Trinajstić information content (AvgIpc) is 3.02. The molecule has 0 saturated carbocycles. The second-order valence-electron chi connectivity index (χ2n) is 11.6. The molecular weight excluding hydrogens is 649 g/mol. The van der Waals surface area contributed by atoms with Crippen LogP contribution < -0.4 is 14.9 Å². The van der Waals surface area contributed by atoms with Gasteiger partial charge in [0.05, 0.1) is 7.11 Å². The maximum atomic E-state index is 13.9. The first-order valence-corrected chi connectivity index (χ1v) is 16.6. The van der Waals surface area contributed by atoms with Gasteiger partial charge in [-0.05, 0) is 0 Å². The fourth-order valence-electron chi connectivity index (χ4n) is 6.40. The van der Waals surface area contributed by atoms with Gasteiger partial charge in [-0.2, -0.15) is 0 Å². The number of methoxy groups -OCH3 is 1. The number of fused-ring (bicyclic) bond motifs is 3. The minimum absolute atomic E-state index is 0.0147. The van der Waals surface area contributed by atoms with Gasteiger partial charge in [-0.25, -0.2) is 0 Å². The Labute approximate surface area is 265 Å². The number of hydrogen-bond acceptors (Lipinski definition) is 11. The van der Waals surface area contributed by atoms with Gasteiger partial charge in [-0.1, -0.05) is 0 Å². The van der Waals surface area contributed by atoms with E-state index < -0.39 is 82.6 Å². The number of phenolic OH excluding ortho intramolecular Hbond substituents is 2. The van der Waals surface area contributed by atoms with Crippen LogP contribution in [0, 0.1) is 0 Å². The van der Waals surface area contributed by atoms with Crippen molar-refractivity contribution >= 4 is 36.8 Å². The number of aliphatic hydroxyl groups is 2. The molecule has 11 nitrogen and oxygen atoms in total. The molecule has 0 bridgehead atoms. The third kappa shape index (κ3) is 5.36. The Bertz CT molecular complexity index is 1680. The number of carbonyl (C=O) groups excluding carboxylic acids is 3. The van der Waals surface area contributed by atoms with E-state index in [4.69, 9.17) is 19.9 Å². The SMILES string of the molecule is COc1cccc2c1C(=O)c1c(O)c3c(c(O)c1C2=O)CC(O)(C(=O)C[Se]c1ccccc1)CC3OC1CC(N)C(O)C(C)O1. The quantitative estimate of drug-likeness (QED) is 0.140. The Morgan fingerprint density at radius 2 is 1.76 bits per heavy atom. The number of phenols is 2. The summed E-state index contributed by atoms with van der Waals surface area (Å²) in [6.45, 7) is 1.62. The summed E-state index contributed by atoms with van der Waals surface area (Å²) >= 11 is -0.305. The number of benzene rings is 3. The van der Waals surface area contributed by atoms with E-state index in [1.54, 1.807) is 6.92 Å². The molecule has 6 unspecified atom stereocenters. The molecule has 6 rings (SSSR count). The van der Waals surface area contributed by atoms with Crippen LogP contribution in [-0.4, -0.2) is 90.0 Å². The second-order valence-corrected chi connectivity index (χ2v) is 13.8. The molecule has 1 heterocycles. The Balaban J connectivity index is 1.45. The third-order valence-electron chi connectivity index (χ3n) is 8.77. The first kappa shape index (κ1) is 31.4. The van der Waals surface area contributed by atoms with Crippen LogP contribution in [0.5, 0.6) is 17.2 Å². The minimum atomic E-state index is -2.04. The number of ketones is 3. The van der Waals surface area contributed by atoms with Crippen LogP contribution in [0.15, 0.2) is 48.5 Å². The zero-order valence-electron chi connectivity index (χ0n) is 24.6. The number of hydrogen-bond donors (Lipinski definition) is 5. The van der Waals surface area contributed by atoms with E-state index in [9.17, 15) is 34.8 Å². The average molecular weight is 683 g/mol. The monoisotopic (exact) mass is 683 g/mol. The van der Waals surface area contributed by atoms with E-state index in [0.717, 1.165) is 4.46 Å². The molecule has 236 valence electrons. The zero-order chi connectivity index (χ0) is 32.2. The van der Waals surface area contributed by atoms with Gasteiger partial charge in [0.2, 0.25) is 0 Å². The molecule has 0 radical (unpaired) electrons. The van der Waals surface area contributed by atoms with E-state index in [1.807, 2.05) is 30.3 Å². The first-order chi connectivity index (χ1) is 21.4. The van der Waals surface area contributed by atoms with Crippen LogP contribution >= 0.6 is 0 Å². The van der Waals surface area contributed by atoms with Gasteiger partial charge in [0, 0.05) is 0 Å². The van der Waals surface area contributed by atoms with E-state index >= 15 is 0 Å². The summed E-state index contributed by atoms with van der Waals surface area (Å²) in [4.78, 5) is 41.3. The Kier molecular flexibility index (Phi) is 8.34. The summed E-state index contributed by atoms with van der Waals surface area (Å²) in [5.41, 5.74) is 3.04. The van der Waals surface area contributed by atoms with Gasteiger partial charge < -0.3 is 0 Å². The topological polar surface area (TPSA) is 186 Å². The fraction of sp³-hybridized carbons (Fsp3) is 0.364. The van der Waals surface area contributed by atoms with Gasteiger partial charge in [-0.15, -0.1) is 0 Å². The van der Waals surface area contributed by atoms with Crippen molar-refractivity contribution in [2.24, 2.45) is 5.73 Å². The van der Waals surface area contributed by atoms with Crippen molar-refractivity contribution in [3.8, 4) is 17.2 Å². The summed E-state index contributed by atoms with van der Waals surface area (Å²) in [6, 6.07) is 13.1. The molecule has 1 aliphatic heterocycles. The molecule has 0 spiro atoms. The van der Waals surface area contributed by atoms with E-state index in [1.165, 1.54) is 25.3 Å². The molecule has 0 amide bonds. The molecule has 2 aliphatic carbocycles. The van der Waals surface area contributed by atoms with Crippen molar-refractivity contribution in [3.05, 3.63) is 81.9 Å². The van der Waals surface area contributed by atoms with Crippen LogP contribution in [0.1, 0.15) is 68.8 Å². The third-order valence-corrected chi connectivity index (χ3v) is 10.9. The molecule has 6 atom stereocenters. The van der Waals surface area contributed by atoms with Crippen molar-refractivity contribution in [2.45, 2.75) is 67.8 Å². The van der Waals surface area contributed by atoms with Gasteiger partial charge in [0.25, 0.3) is 0 Å². The van der Waals surface area contributed by atoms with Gasteiger partial charge in [-0.3, -0.25) is 0 Å². The predicted octanol–water partition coefficient (Wildman–Crippen LogP) is 1.46. The number of aliphatic hydroxyl groups excluding tert-OH is 1. The Morgan fingerprint density at radius 3 is 2.44 bits per heavy atom. The van der Waals surface area contributed by atoms with Crippen LogP contribution in [0.25, 0.3) is 0 Å². The molecule has 0 aromatic heterocycles. The molecule has 12 heteroatoms. The summed E-state index contributed by atoms with van der Waals surface area (Å²) in [5, 5.41) is 45.6. The normalized spacial score (nSPS) is 27.4. The van der Waals surface area contributed by atoms with Gasteiger partial charge >= 0.3 is 258 Å². The molecule has 3 aromatic carbocycles. The number of aromatic hydroxyl groups is 2. The molecule has 1 fully saturated rings. The van der Waals surface area contributed by atoms with Crippen molar-refractivity contribution in [1.82, 2.24) is 0 Å². The number of carbonyl (C=O) groups is 3. The summed E-state index contributed by atoms with van der Waals surface area (Å²) in [5.74, 6) is -3.05. The molecule has 45 heavy (non-hydrogen) atoms. The first-order valence-electron chi connectivity index (χ1n) is 14.5. The zero-order valence-corrected chi connectivity index (χ0v) is 26.3. The number of ether oxygens (including phenoxy) is 3. The van der Waals surface area contributed by atoms with Crippen LogP contribution in [0.3, 0.4) is 0 Å². The van der Waals surface area contributed by atoms with Crippen LogP contribution in [-0.2, 0) is 20.7 Å². The Hall–Kier alpha value is -3.61. The molecule has 1 saturated heterocycles. The molecule has 3 aliphatic rings. The number of rotatable bonds is 7. The maximum absolute atomic E-state index is 13.9. The molecule has 6 N–H and O–H groups in total. The Morgan fingerprint density at radius 1 is 1.04 bits per heavy atom. The molecule has 3 aromatic rings. The van der Waals surface area contributed by atoms with Crippen LogP contribution in [0.2, 0.25) is 5.32 Å². The summed E-state index contributed by atoms with van der Waals surface area (Å²) in [6.07, 6.45) is -4.63. The van der Waals surface area contributed by atoms with E-state index in [0.29, 0.717) is 0 Å². The second kappa shape index (κ2) is 12.0. The number of nitrogens with two attached hydrogens (primary N) is 1. The molecular formula is C33H33NO10Se. The number of Topliss-reactive ketones (excluding diaryl/α,β-unsaturated/α-hetero) is 1. The van der Waals surface area contributed by atoms with Gasteiger partial charge in [0.1, 0.15) is 0 Å². The standard InChI is InChI=1S/C33H33NO10Se/c1-15-28(36)19(34)11-23(43-15)44-21-13-33(41,22(35)14-45-16-7-4-3-5-8-16)12-18-25(21)32(40)27-26(30(18)38)29(37)17-9-6-10-20(42-2)24(17)31(27)39/h3-10,15,19,21,23,28,36,38,40-41H,11-14,34H2,1-2H3. The van der Waals surface area contributed by atoms with E-state index in [2.05, 4.69) is 0 Å². The van der Waals surface area contributed by atoms with Crippen molar-refractivity contribution < 1.29 is 49.0 Å². The van der Waals surface area contributed by atoms with Crippen molar-refractivity contribution in [1.29, 1.82) is 0 Å². The predicted molar refractivity (Wildman–Crippen MR) is 161 cm³/mol. The summed E-state index contributed by atoms with van der Waals surface area (Å²) < 4.78 is 18.4. The van der Waals surface area contributed by atoms with E-state index in [-0.39, 0.29) is 61.1 Å². The van der Waals surface area contributed by atoms with Crippen molar-refractivity contribution in [3.63, 3.8) is 0 Å². The van der Waals surface area contributed by atoms with Crippen molar-refractivity contribution in [2.75, 3.05) is 7.11 Å². The van der Waals surface area contributed by atoms with Gasteiger partial charge in [0.15, 0.2) is 0 Å². The summed E-state index contributed by atoms with van der Waals surface area (Å²) in [7, 11) is 1.35. The van der Waals surface area contributed by atoms with Crippen LogP contribution in [0.4, 0.5) is 0 Å². The fourth-order valence-corrected chi connectivity index (χ4v) is 8.32.